The van der Waals surface area contributed by atoms with Crippen LogP contribution in [-0.2, 0) is 11.2 Å². The first-order valence-electron chi connectivity index (χ1n) is 9.36. The molecule has 0 bridgehead atoms. The van der Waals surface area contributed by atoms with Gasteiger partial charge in [-0.15, -0.1) is 0 Å². The zero-order chi connectivity index (χ0) is 18.8. The van der Waals surface area contributed by atoms with Crippen LogP contribution in [0.15, 0.2) is 52.3 Å². The van der Waals surface area contributed by atoms with E-state index in [1.807, 2.05) is 29.7 Å². The summed E-state index contributed by atoms with van der Waals surface area (Å²) < 4.78 is 5.15. The summed E-state index contributed by atoms with van der Waals surface area (Å²) in [5.74, 6) is 0. The van der Waals surface area contributed by atoms with Crippen LogP contribution in [-0.4, -0.2) is 48.7 Å². The Morgan fingerprint density at radius 2 is 1.93 bits per heavy atom. The molecule has 0 saturated carbocycles. The summed E-state index contributed by atoms with van der Waals surface area (Å²) in [6, 6.07) is 15.1. The number of nitrogens with zero attached hydrogens (tertiary/aromatic N) is 2. The molecule has 1 saturated heterocycles. The van der Waals surface area contributed by atoms with Gasteiger partial charge in [0.15, 0.2) is 0 Å². The van der Waals surface area contributed by atoms with Crippen molar-refractivity contribution in [2.24, 2.45) is 0 Å². The average molecular weight is 403 g/mol. The van der Waals surface area contributed by atoms with Crippen LogP contribution in [0, 0.1) is 0 Å². The van der Waals surface area contributed by atoms with E-state index in [9.17, 15) is 4.79 Å². The van der Waals surface area contributed by atoms with Crippen LogP contribution in [0.5, 0.6) is 0 Å². The van der Waals surface area contributed by atoms with E-state index >= 15 is 0 Å². The molecule has 2 heterocycles. The van der Waals surface area contributed by atoms with E-state index in [0.717, 1.165) is 24.5 Å². The van der Waals surface area contributed by atoms with Gasteiger partial charge in [-0.05, 0) is 48.7 Å². The van der Waals surface area contributed by atoms with Gasteiger partial charge in [0, 0.05) is 47.0 Å². The minimum atomic E-state index is -0.203. The number of carbonyl (C=O) groups excluding carboxylic acids is 1. The summed E-state index contributed by atoms with van der Waals surface area (Å²) in [6.45, 7) is 5.36. The molecule has 1 fully saturated rings. The van der Waals surface area contributed by atoms with Crippen molar-refractivity contribution in [3.8, 4) is 0 Å². The fourth-order valence-corrected chi connectivity index (χ4v) is 5.16. The van der Waals surface area contributed by atoms with Gasteiger partial charge in [0.2, 0.25) is 0 Å². The number of hydrogen-bond acceptors (Lipinski definition) is 4. The maximum Gasteiger partial charge on any atom is 0.409 e. The highest BCUT2D eigenvalue weighted by atomic mass is 35.5. The normalized spacial score (nSPS) is 19.8. The lowest BCUT2D eigenvalue weighted by atomic mass is 9.96. The third-order valence-electron chi connectivity index (χ3n) is 5.21. The first-order valence-corrected chi connectivity index (χ1v) is 10.6. The van der Waals surface area contributed by atoms with Gasteiger partial charge in [0.25, 0.3) is 0 Å². The van der Waals surface area contributed by atoms with Crippen LogP contribution >= 0.6 is 23.4 Å². The topological polar surface area (TPSA) is 32.8 Å². The molecule has 142 valence electrons. The molecule has 2 aromatic rings. The molecule has 6 heteroatoms. The number of amides is 1. The number of halogens is 1. The zero-order valence-corrected chi connectivity index (χ0v) is 16.9. The Balaban J connectivity index is 1.59. The predicted octanol–water partition coefficient (Wildman–Crippen LogP) is 4.86. The lowest BCUT2D eigenvalue weighted by molar-refractivity contribution is 0.0652. The number of ether oxygens (including phenoxy) is 1. The molecule has 0 aromatic heterocycles. The van der Waals surface area contributed by atoms with Crippen molar-refractivity contribution in [3.63, 3.8) is 0 Å². The van der Waals surface area contributed by atoms with Crippen molar-refractivity contribution >= 4 is 29.5 Å². The Hall–Kier alpha value is -1.69. The van der Waals surface area contributed by atoms with E-state index in [0.29, 0.717) is 19.7 Å². The summed E-state index contributed by atoms with van der Waals surface area (Å²) in [6.07, 6.45) is 0.727. The largest absolute Gasteiger partial charge is 0.450 e. The average Bonchev–Trinajstić information content (AvgIpc) is 2.85. The zero-order valence-electron chi connectivity index (χ0n) is 15.4. The molecule has 0 spiro atoms. The fourth-order valence-electron chi connectivity index (χ4n) is 3.85. The molecular formula is C21H23ClN2O2S. The van der Waals surface area contributed by atoms with Gasteiger partial charge in [0.1, 0.15) is 0 Å². The highest BCUT2D eigenvalue weighted by Crippen LogP contribution is 2.43. The second-order valence-corrected chi connectivity index (χ2v) is 8.35. The van der Waals surface area contributed by atoms with Crippen LogP contribution < -0.4 is 0 Å². The smallest absolute Gasteiger partial charge is 0.409 e. The van der Waals surface area contributed by atoms with E-state index in [2.05, 4.69) is 41.3 Å². The lowest BCUT2D eigenvalue weighted by Crippen LogP contribution is -2.50. The maximum absolute atomic E-state index is 12.0. The second kappa shape index (κ2) is 8.13. The third-order valence-corrected chi connectivity index (χ3v) is 6.66. The van der Waals surface area contributed by atoms with Gasteiger partial charge in [-0.3, -0.25) is 4.90 Å². The Morgan fingerprint density at radius 3 is 2.70 bits per heavy atom. The number of piperazine rings is 1. The van der Waals surface area contributed by atoms with Crippen LogP contribution in [0.4, 0.5) is 4.79 Å². The summed E-state index contributed by atoms with van der Waals surface area (Å²) in [5, 5.41) is 0.784. The van der Waals surface area contributed by atoms with Crippen molar-refractivity contribution in [2.75, 3.05) is 32.8 Å². The highest BCUT2D eigenvalue weighted by molar-refractivity contribution is 7.99. The number of rotatable bonds is 2. The van der Waals surface area contributed by atoms with E-state index in [-0.39, 0.29) is 12.1 Å². The summed E-state index contributed by atoms with van der Waals surface area (Å²) >= 11 is 8.10. The van der Waals surface area contributed by atoms with Crippen LogP contribution in [0.2, 0.25) is 5.02 Å². The highest BCUT2D eigenvalue weighted by Gasteiger charge is 2.31. The van der Waals surface area contributed by atoms with Crippen LogP contribution in [0.25, 0.3) is 0 Å². The van der Waals surface area contributed by atoms with Crippen molar-refractivity contribution < 1.29 is 9.53 Å². The summed E-state index contributed by atoms with van der Waals surface area (Å²) in [5.41, 5.74) is 2.65. The Kier molecular flexibility index (Phi) is 5.62. The Bertz CT molecular complexity index is 837. The molecule has 4 nitrogen and oxygen atoms in total. The molecule has 1 amide bonds. The molecule has 0 N–H and O–H groups in total. The quantitative estimate of drug-likeness (QED) is 0.717. The van der Waals surface area contributed by atoms with Gasteiger partial charge < -0.3 is 9.64 Å². The number of hydrogen-bond donors (Lipinski definition) is 0. The molecular weight excluding hydrogens is 380 g/mol. The van der Waals surface area contributed by atoms with E-state index in [4.69, 9.17) is 16.3 Å². The Morgan fingerprint density at radius 1 is 1.15 bits per heavy atom. The van der Waals surface area contributed by atoms with E-state index in [1.54, 1.807) is 0 Å². The molecule has 0 radical (unpaired) electrons. The number of carbonyl (C=O) groups is 1. The standard InChI is InChI=1S/C21H23ClN2O2S/c1-2-26-21(25)24-11-9-23(10-12-24)18-14-15-13-16(22)7-8-19(15)27-20-6-4-3-5-17(18)20/h3-8,13,18H,2,9-12,14H2,1H3. The molecule has 2 aromatic carbocycles. The van der Waals surface area contributed by atoms with Crippen molar-refractivity contribution in [1.29, 1.82) is 0 Å². The van der Waals surface area contributed by atoms with Gasteiger partial charge >= 0.3 is 6.09 Å². The van der Waals surface area contributed by atoms with Crippen molar-refractivity contribution in [1.82, 2.24) is 9.80 Å². The van der Waals surface area contributed by atoms with Crippen molar-refractivity contribution in [3.05, 3.63) is 58.6 Å². The minimum absolute atomic E-state index is 0.203. The third kappa shape index (κ3) is 3.96. The summed E-state index contributed by atoms with van der Waals surface area (Å²) in [4.78, 5) is 18.9. The predicted molar refractivity (Wildman–Crippen MR) is 109 cm³/mol. The first-order chi connectivity index (χ1) is 13.2. The summed E-state index contributed by atoms with van der Waals surface area (Å²) in [7, 11) is 0. The number of benzene rings is 2. The van der Waals surface area contributed by atoms with Gasteiger partial charge in [0.05, 0.1) is 6.61 Å². The molecule has 2 aliphatic rings. The van der Waals surface area contributed by atoms with Gasteiger partial charge in [-0.2, -0.15) is 0 Å². The van der Waals surface area contributed by atoms with E-state index in [1.165, 1.54) is 20.9 Å². The van der Waals surface area contributed by atoms with Crippen molar-refractivity contribution in [2.45, 2.75) is 29.2 Å². The molecule has 1 unspecified atom stereocenters. The van der Waals surface area contributed by atoms with Crippen LogP contribution in [0.1, 0.15) is 24.1 Å². The minimum Gasteiger partial charge on any atom is -0.450 e. The monoisotopic (exact) mass is 402 g/mol. The molecule has 2 aliphatic heterocycles. The molecule has 4 rings (SSSR count). The van der Waals surface area contributed by atoms with Gasteiger partial charge in [-0.1, -0.05) is 41.6 Å². The van der Waals surface area contributed by atoms with E-state index < -0.39 is 0 Å². The number of fused-ring (bicyclic) bond motifs is 2. The second-order valence-electron chi connectivity index (χ2n) is 6.83. The van der Waals surface area contributed by atoms with Crippen LogP contribution in [0.3, 0.4) is 0 Å². The first kappa shape index (κ1) is 18.7. The molecule has 0 aliphatic carbocycles. The molecule has 1 atom stereocenters. The fraction of sp³-hybridized carbons (Fsp3) is 0.381. The van der Waals surface area contributed by atoms with Gasteiger partial charge in [-0.25, -0.2) is 4.79 Å². The Labute approximate surface area is 169 Å². The molecule has 27 heavy (non-hydrogen) atoms. The maximum atomic E-state index is 12.0. The SMILES string of the molecule is CCOC(=O)N1CCN(C2Cc3cc(Cl)ccc3Sc3ccccc32)CC1. The lowest BCUT2D eigenvalue weighted by Gasteiger charge is -2.39.